The molecule has 0 radical (unpaired) electrons. The maximum absolute atomic E-state index is 13.6. The lowest BCUT2D eigenvalue weighted by atomic mass is 10.3. The van der Waals surface area contributed by atoms with Crippen LogP contribution in [-0.4, -0.2) is 22.1 Å². The van der Waals surface area contributed by atoms with Crippen molar-refractivity contribution in [2.45, 2.75) is 0 Å². The van der Waals surface area contributed by atoms with Crippen LogP contribution in [0.25, 0.3) is 10.2 Å². The van der Waals surface area contributed by atoms with Crippen LogP contribution in [0, 0.1) is 17.7 Å². The number of rotatable bonds is 1. The molecule has 3 aromatic rings. The Morgan fingerprint density at radius 2 is 2.14 bits per heavy atom. The summed E-state index contributed by atoms with van der Waals surface area (Å²) >= 11 is 1.36. The number of aromatic hydroxyl groups is 1. The summed E-state index contributed by atoms with van der Waals surface area (Å²) in [6, 6.07) is 6.22. The first-order valence-corrected chi connectivity index (χ1v) is 6.92. The van der Waals surface area contributed by atoms with Gasteiger partial charge in [0.25, 0.3) is 0 Å². The number of fused-ring (bicyclic) bond motifs is 1. The summed E-state index contributed by atoms with van der Waals surface area (Å²) in [6.07, 6.45) is 1.40. The highest BCUT2D eigenvalue weighted by Gasteiger charge is 2.03. The molecule has 0 aliphatic rings. The predicted octanol–water partition coefficient (Wildman–Crippen LogP) is 2.98. The van der Waals surface area contributed by atoms with Crippen molar-refractivity contribution >= 4 is 27.2 Å². The van der Waals surface area contributed by atoms with Crippen LogP contribution in [0.15, 0.2) is 30.5 Å². The molecule has 0 bridgehead atoms. The van der Waals surface area contributed by atoms with E-state index in [-0.39, 0.29) is 5.75 Å². The fourth-order valence-electron chi connectivity index (χ4n) is 1.77. The average molecular weight is 299 g/mol. The van der Waals surface area contributed by atoms with Gasteiger partial charge in [-0.25, -0.2) is 14.4 Å². The molecule has 0 saturated carbocycles. The first kappa shape index (κ1) is 13.3. The molecule has 0 aliphatic heterocycles. The van der Waals surface area contributed by atoms with E-state index in [2.05, 4.69) is 27.1 Å². The van der Waals surface area contributed by atoms with Crippen LogP contribution in [0.2, 0.25) is 0 Å². The standard InChI is InChI=1S/C15H10FN3OS/c1-17-13-8-18-9(6-11(13)16)2-5-15-19-12-4-3-10(20)7-14(12)21-15/h3-4,6-8,17,20H,1H3. The number of aromatic nitrogens is 2. The molecule has 104 valence electrons. The Hall–Kier alpha value is -2.65. The van der Waals surface area contributed by atoms with Crippen LogP contribution in [0.4, 0.5) is 10.1 Å². The monoisotopic (exact) mass is 299 g/mol. The van der Waals surface area contributed by atoms with E-state index in [4.69, 9.17) is 0 Å². The second kappa shape index (κ2) is 5.38. The van der Waals surface area contributed by atoms with Gasteiger partial charge in [0.05, 0.1) is 22.1 Å². The van der Waals surface area contributed by atoms with E-state index in [9.17, 15) is 9.50 Å². The molecule has 0 saturated heterocycles. The average Bonchev–Trinajstić information content (AvgIpc) is 2.87. The number of anilines is 1. The molecule has 2 N–H and O–H groups in total. The number of hydrogen-bond acceptors (Lipinski definition) is 5. The molecule has 2 heterocycles. The van der Waals surface area contributed by atoms with Crippen LogP contribution in [-0.2, 0) is 0 Å². The number of thiazole rings is 1. The van der Waals surface area contributed by atoms with E-state index in [1.165, 1.54) is 23.6 Å². The van der Waals surface area contributed by atoms with Crippen molar-refractivity contribution < 1.29 is 9.50 Å². The Bertz CT molecular complexity index is 879. The van der Waals surface area contributed by atoms with Gasteiger partial charge >= 0.3 is 0 Å². The van der Waals surface area contributed by atoms with Gasteiger partial charge in [-0.3, -0.25) is 0 Å². The summed E-state index contributed by atoms with van der Waals surface area (Å²) in [7, 11) is 1.63. The van der Waals surface area contributed by atoms with E-state index in [0.717, 1.165) is 10.2 Å². The molecule has 1 aromatic carbocycles. The van der Waals surface area contributed by atoms with Crippen molar-refractivity contribution in [1.29, 1.82) is 0 Å². The molecular weight excluding hydrogens is 289 g/mol. The summed E-state index contributed by atoms with van der Waals surface area (Å²) in [5, 5.41) is 12.7. The van der Waals surface area contributed by atoms with E-state index < -0.39 is 5.82 Å². The third kappa shape index (κ3) is 2.78. The highest BCUT2D eigenvalue weighted by Crippen LogP contribution is 2.25. The molecular formula is C15H10FN3OS. The number of hydrogen-bond donors (Lipinski definition) is 2. The molecule has 21 heavy (non-hydrogen) atoms. The number of benzene rings is 1. The van der Waals surface area contributed by atoms with Crippen molar-refractivity contribution in [3.8, 4) is 17.6 Å². The maximum Gasteiger partial charge on any atom is 0.168 e. The highest BCUT2D eigenvalue weighted by atomic mass is 32.1. The quantitative estimate of drug-likeness (QED) is 0.678. The number of nitrogens with one attached hydrogen (secondary N) is 1. The van der Waals surface area contributed by atoms with Gasteiger partial charge in [-0.1, -0.05) is 0 Å². The number of phenols is 1. The van der Waals surface area contributed by atoms with Gasteiger partial charge < -0.3 is 10.4 Å². The zero-order valence-electron chi connectivity index (χ0n) is 11.0. The van der Waals surface area contributed by atoms with Crippen molar-refractivity contribution in [3.05, 3.63) is 47.0 Å². The summed E-state index contributed by atoms with van der Waals surface area (Å²) in [6.45, 7) is 0. The van der Waals surface area contributed by atoms with Crippen molar-refractivity contribution in [2.75, 3.05) is 12.4 Å². The minimum absolute atomic E-state index is 0.192. The van der Waals surface area contributed by atoms with Crippen LogP contribution in [0.3, 0.4) is 0 Å². The Morgan fingerprint density at radius 1 is 1.29 bits per heavy atom. The molecule has 2 aromatic heterocycles. The number of halogens is 1. The SMILES string of the molecule is CNc1cnc(C#Cc2nc3ccc(O)cc3s2)cc1F. The molecule has 0 unspecified atom stereocenters. The van der Waals surface area contributed by atoms with Crippen molar-refractivity contribution in [2.24, 2.45) is 0 Å². The normalized spacial score (nSPS) is 10.2. The lowest BCUT2D eigenvalue weighted by molar-refractivity contribution is 0.476. The van der Waals surface area contributed by atoms with Crippen molar-refractivity contribution in [3.63, 3.8) is 0 Å². The van der Waals surface area contributed by atoms with Gasteiger partial charge in [0.1, 0.15) is 11.4 Å². The molecule has 0 atom stereocenters. The van der Waals surface area contributed by atoms with Gasteiger partial charge in [0.2, 0.25) is 0 Å². The summed E-state index contributed by atoms with van der Waals surface area (Å²) in [5.74, 6) is 5.44. The maximum atomic E-state index is 13.6. The van der Waals surface area contributed by atoms with Crippen LogP contribution < -0.4 is 5.32 Å². The first-order valence-electron chi connectivity index (χ1n) is 6.10. The fourth-order valence-corrected chi connectivity index (χ4v) is 2.62. The Morgan fingerprint density at radius 3 is 2.90 bits per heavy atom. The van der Waals surface area contributed by atoms with Gasteiger partial charge in [-0.05, 0) is 30.0 Å². The summed E-state index contributed by atoms with van der Waals surface area (Å²) in [4.78, 5) is 8.38. The topological polar surface area (TPSA) is 58.0 Å². The molecule has 0 aliphatic carbocycles. The second-order valence-electron chi connectivity index (χ2n) is 4.22. The highest BCUT2D eigenvalue weighted by molar-refractivity contribution is 7.19. The molecule has 0 fully saturated rings. The summed E-state index contributed by atoms with van der Waals surface area (Å²) < 4.78 is 14.4. The minimum Gasteiger partial charge on any atom is -0.508 e. The van der Waals surface area contributed by atoms with Gasteiger partial charge in [0, 0.05) is 13.1 Å². The number of nitrogens with zero attached hydrogens (tertiary/aromatic N) is 2. The third-order valence-electron chi connectivity index (χ3n) is 2.79. The Labute approximate surface area is 124 Å². The Kier molecular flexibility index (Phi) is 3.42. The largest absolute Gasteiger partial charge is 0.508 e. The zero-order chi connectivity index (χ0) is 14.8. The number of phenolic OH excluding ortho intramolecular Hbond substituents is 1. The molecule has 3 rings (SSSR count). The van der Waals surface area contributed by atoms with Gasteiger partial charge in [-0.15, -0.1) is 11.3 Å². The summed E-state index contributed by atoms with van der Waals surface area (Å²) in [5.41, 5.74) is 1.44. The number of pyridine rings is 1. The van der Waals surface area contributed by atoms with Crippen LogP contribution >= 0.6 is 11.3 Å². The van der Waals surface area contributed by atoms with E-state index >= 15 is 0 Å². The van der Waals surface area contributed by atoms with Crippen molar-refractivity contribution in [1.82, 2.24) is 9.97 Å². The molecule has 0 amide bonds. The second-order valence-corrected chi connectivity index (χ2v) is 5.25. The van der Waals surface area contributed by atoms with E-state index in [0.29, 0.717) is 16.4 Å². The molecule has 6 heteroatoms. The molecule has 0 spiro atoms. The van der Waals surface area contributed by atoms with Crippen LogP contribution in [0.1, 0.15) is 10.7 Å². The lowest BCUT2D eigenvalue weighted by Crippen LogP contribution is -1.95. The van der Waals surface area contributed by atoms with E-state index in [1.807, 2.05) is 0 Å². The van der Waals surface area contributed by atoms with Crippen LogP contribution in [0.5, 0.6) is 5.75 Å². The third-order valence-corrected chi connectivity index (χ3v) is 3.73. The fraction of sp³-hybridized carbons (Fsp3) is 0.0667. The smallest absolute Gasteiger partial charge is 0.168 e. The van der Waals surface area contributed by atoms with Gasteiger partial charge in [0.15, 0.2) is 10.8 Å². The van der Waals surface area contributed by atoms with E-state index in [1.54, 1.807) is 25.2 Å². The lowest BCUT2D eigenvalue weighted by Gasteiger charge is -2.00. The molecule has 4 nitrogen and oxygen atoms in total. The van der Waals surface area contributed by atoms with Gasteiger partial charge in [-0.2, -0.15) is 0 Å². The first-order chi connectivity index (χ1) is 10.2. The minimum atomic E-state index is -0.397. The zero-order valence-corrected chi connectivity index (χ0v) is 11.8. The Balaban J connectivity index is 1.93. The predicted molar refractivity (Wildman–Crippen MR) is 81.0 cm³/mol.